The molecule has 2 rings (SSSR count). The Hall–Kier alpha value is -1.32. The highest BCUT2D eigenvalue weighted by molar-refractivity contribution is 6.35. The molecular formula is C14H14Cl2N2O. The lowest BCUT2D eigenvalue weighted by atomic mass is 10.1. The van der Waals surface area contributed by atoms with E-state index >= 15 is 0 Å². The SMILES string of the molecule is CC(C)c1cc(C=O)n(Cc2ccc(Cl)cc2Cl)n1. The number of aromatic nitrogens is 2. The first-order valence-electron chi connectivity index (χ1n) is 5.98. The van der Waals surface area contributed by atoms with E-state index in [2.05, 4.69) is 5.10 Å². The fourth-order valence-electron chi connectivity index (χ4n) is 1.77. The lowest BCUT2D eigenvalue weighted by Gasteiger charge is -2.07. The molecule has 0 fully saturated rings. The van der Waals surface area contributed by atoms with Crippen LogP contribution in [-0.2, 0) is 6.54 Å². The van der Waals surface area contributed by atoms with Gasteiger partial charge in [0.1, 0.15) is 5.69 Å². The van der Waals surface area contributed by atoms with Gasteiger partial charge in [0.25, 0.3) is 0 Å². The number of carbonyl (C=O) groups excluding carboxylic acids is 1. The molecular weight excluding hydrogens is 283 g/mol. The van der Waals surface area contributed by atoms with Crippen LogP contribution in [0.1, 0.15) is 41.5 Å². The smallest absolute Gasteiger partial charge is 0.168 e. The van der Waals surface area contributed by atoms with Crippen LogP contribution in [0.25, 0.3) is 0 Å². The molecule has 0 aliphatic rings. The van der Waals surface area contributed by atoms with Gasteiger partial charge in [-0.1, -0.05) is 43.1 Å². The summed E-state index contributed by atoms with van der Waals surface area (Å²) in [6, 6.07) is 7.11. The predicted octanol–water partition coefficient (Wildman–Crippen LogP) is 4.17. The van der Waals surface area contributed by atoms with E-state index in [9.17, 15) is 4.79 Å². The Morgan fingerprint density at radius 1 is 1.32 bits per heavy atom. The maximum absolute atomic E-state index is 11.1. The maximum atomic E-state index is 11.1. The molecule has 0 radical (unpaired) electrons. The molecule has 0 aliphatic heterocycles. The van der Waals surface area contributed by atoms with Crippen molar-refractivity contribution in [2.75, 3.05) is 0 Å². The molecule has 0 aliphatic carbocycles. The van der Waals surface area contributed by atoms with Crippen LogP contribution in [0.3, 0.4) is 0 Å². The van der Waals surface area contributed by atoms with Gasteiger partial charge < -0.3 is 0 Å². The molecule has 2 aromatic rings. The third-order valence-corrected chi connectivity index (χ3v) is 3.46. The molecule has 0 N–H and O–H groups in total. The average molecular weight is 297 g/mol. The van der Waals surface area contributed by atoms with Crippen molar-refractivity contribution in [3.8, 4) is 0 Å². The van der Waals surface area contributed by atoms with Crippen LogP contribution in [0, 0.1) is 0 Å². The van der Waals surface area contributed by atoms with E-state index in [0.29, 0.717) is 22.3 Å². The van der Waals surface area contributed by atoms with Gasteiger partial charge in [0.05, 0.1) is 12.2 Å². The van der Waals surface area contributed by atoms with Crippen molar-refractivity contribution in [3.63, 3.8) is 0 Å². The Balaban J connectivity index is 2.34. The van der Waals surface area contributed by atoms with Crippen LogP contribution >= 0.6 is 23.2 Å². The maximum Gasteiger partial charge on any atom is 0.168 e. The van der Waals surface area contributed by atoms with E-state index < -0.39 is 0 Å². The van der Waals surface area contributed by atoms with Crippen LogP contribution < -0.4 is 0 Å². The number of hydrogen-bond acceptors (Lipinski definition) is 2. The zero-order valence-electron chi connectivity index (χ0n) is 10.7. The third-order valence-electron chi connectivity index (χ3n) is 2.88. The summed E-state index contributed by atoms with van der Waals surface area (Å²) in [5.41, 5.74) is 2.33. The second-order valence-electron chi connectivity index (χ2n) is 4.66. The molecule has 19 heavy (non-hydrogen) atoms. The minimum atomic E-state index is 0.278. The predicted molar refractivity (Wildman–Crippen MR) is 77.3 cm³/mol. The topological polar surface area (TPSA) is 34.9 Å². The molecule has 3 nitrogen and oxygen atoms in total. The van der Waals surface area contributed by atoms with Gasteiger partial charge in [-0.3, -0.25) is 9.48 Å². The van der Waals surface area contributed by atoms with Crippen LogP contribution in [0.15, 0.2) is 24.3 Å². The number of halogens is 2. The van der Waals surface area contributed by atoms with Crippen molar-refractivity contribution < 1.29 is 4.79 Å². The zero-order chi connectivity index (χ0) is 14.0. The minimum absolute atomic E-state index is 0.278. The summed E-state index contributed by atoms with van der Waals surface area (Å²) >= 11 is 12.0. The van der Waals surface area contributed by atoms with Crippen molar-refractivity contribution in [1.82, 2.24) is 9.78 Å². The summed E-state index contributed by atoms with van der Waals surface area (Å²) in [4.78, 5) is 11.1. The highest BCUT2D eigenvalue weighted by atomic mass is 35.5. The van der Waals surface area contributed by atoms with E-state index in [1.165, 1.54) is 0 Å². The van der Waals surface area contributed by atoms with Gasteiger partial charge in [-0.25, -0.2) is 0 Å². The highest BCUT2D eigenvalue weighted by Crippen LogP contribution is 2.22. The monoisotopic (exact) mass is 296 g/mol. The lowest BCUT2D eigenvalue weighted by Crippen LogP contribution is -2.06. The number of hydrogen-bond donors (Lipinski definition) is 0. The summed E-state index contributed by atoms with van der Waals surface area (Å²) in [6.07, 6.45) is 0.808. The number of carbonyl (C=O) groups is 1. The summed E-state index contributed by atoms with van der Waals surface area (Å²) in [5, 5.41) is 5.60. The van der Waals surface area contributed by atoms with Gasteiger partial charge >= 0.3 is 0 Å². The molecule has 5 heteroatoms. The summed E-state index contributed by atoms with van der Waals surface area (Å²) in [5.74, 6) is 0.278. The van der Waals surface area contributed by atoms with E-state index in [4.69, 9.17) is 23.2 Å². The molecule has 0 unspecified atom stereocenters. The Kier molecular flexibility index (Phi) is 4.27. The first-order valence-corrected chi connectivity index (χ1v) is 6.73. The van der Waals surface area contributed by atoms with Gasteiger partial charge in [0.15, 0.2) is 6.29 Å². The Morgan fingerprint density at radius 3 is 2.63 bits per heavy atom. The van der Waals surface area contributed by atoms with Crippen molar-refractivity contribution in [1.29, 1.82) is 0 Å². The molecule has 100 valence electrons. The standard InChI is InChI=1S/C14H14Cl2N2O/c1-9(2)14-6-12(8-19)18(17-14)7-10-3-4-11(15)5-13(10)16/h3-6,8-9H,7H2,1-2H3. The molecule has 0 saturated carbocycles. The van der Waals surface area contributed by atoms with E-state index in [1.54, 1.807) is 16.8 Å². The second-order valence-corrected chi connectivity index (χ2v) is 5.50. The molecule has 0 saturated heterocycles. The number of benzene rings is 1. The fourth-order valence-corrected chi connectivity index (χ4v) is 2.24. The fraction of sp³-hybridized carbons (Fsp3) is 0.286. The molecule has 1 aromatic carbocycles. The summed E-state index contributed by atoms with van der Waals surface area (Å²) in [6.45, 7) is 4.53. The first kappa shape index (κ1) is 14.1. The third kappa shape index (κ3) is 3.17. The molecule has 0 amide bonds. The Labute approximate surface area is 122 Å². The largest absolute Gasteiger partial charge is 0.296 e. The number of rotatable bonds is 4. The van der Waals surface area contributed by atoms with Gasteiger partial charge in [0, 0.05) is 10.0 Å². The molecule has 1 aromatic heterocycles. The van der Waals surface area contributed by atoms with Crippen molar-refractivity contribution in [3.05, 3.63) is 51.3 Å². The number of aldehydes is 1. The molecule has 0 atom stereocenters. The van der Waals surface area contributed by atoms with E-state index in [-0.39, 0.29) is 5.92 Å². The molecule has 0 spiro atoms. The minimum Gasteiger partial charge on any atom is -0.296 e. The van der Waals surface area contributed by atoms with Gasteiger partial charge in [-0.15, -0.1) is 0 Å². The summed E-state index contributed by atoms with van der Waals surface area (Å²) < 4.78 is 1.66. The van der Waals surface area contributed by atoms with Crippen molar-refractivity contribution in [2.24, 2.45) is 0 Å². The lowest BCUT2D eigenvalue weighted by molar-refractivity contribution is 0.111. The van der Waals surface area contributed by atoms with Gasteiger partial charge in [-0.2, -0.15) is 5.10 Å². The highest BCUT2D eigenvalue weighted by Gasteiger charge is 2.11. The van der Waals surface area contributed by atoms with Crippen molar-refractivity contribution in [2.45, 2.75) is 26.3 Å². The first-order chi connectivity index (χ1) is 9.01. The quantitative estimate of drug-likeness (QED) is 0.794. The Bertz CT molecular complexity index is 605. The van der Waals surface area contributed by atoms with Crippen molar-refractivity contribution >= 4 is 29.5 Å². The average Bonchev–Trinajstić information content (AvgIpc) is 2.76. The van der Waals surface area contributed by atoms with Crippen LogP contribution in [0.4, 0.5) is 0 Å². The van der Waals surface area contributed by atoms with Crippen LogP contribution in [0.2, 0.25) is 10.0 Å². The normalized spacial score (nSPS) is 11.0. The molecule has 0 bridgehead atoms. The van der Waals surface area contributed by atoms with E-state index in [1.807, 2.05) is 26.0 Å². The summed E-state index contributed by atoms with van der Waals surface area (Å²) in [7, 11) is 0. The van der Waals surface area contributed by atoms with Crippen LogP contribution in [-0.4, -0.2) is 16.1 Å². The second kappa shape index (κ2) is 5.76. The van der Waals surface area contributed by atoms with E-state index in [0.717, 1.165) is 17.5 Å². The van der Waals surface area contributed by atoms with Gasteiger partial charge in [0.2, 0.25) is 0 Å². The molecule has 1 heterocycles. The van der Waals surface area contributed by atoms with Crippen LogP contribution in [0.5, 0.6) is 0 Å². The zero-order valence-corrected chi connectivity index (χ0v) is 12.2. The Morgan fingerprint density at radius 2 is 2.05 bits per heavy atom. The number of nitrogens with zero attached hydrogens (tertiary/aromatic N) is 2. The van der Waals surface area contributed by atoms with Gasteiger partial charge in [-0.05, 0) is 29.7 Å².